The van der Waals surface area contributed by atoms with Crippen LogP contribution in [0.3, 0.4) is 0 Å². The Balaban J connectivity index is 2.16. The molecule has 1 atom stereocenters. The molecule has 0 aliphatic carbocycles. The van der Waals surface area contributed by atoms with Crippen molar-refractivity contribution in [2.75, 3.05) is 32.8 Å². The Morgan fingerprint density at radius 1 is 1.47 bits per heavy atom. The zero-order chi connectivity index (χ0) is 12.5. The van der Waals surface area contributed by atoms with Gasteiger partial charge in [-0.15, -0.1) is 0 Å². The maximum Gasteiger partial charge on any atom is 0.243 e. The van der Waals surface area contributed by atoms with E-state index in [0.29, 0.717) is 0 Å². The van der Waals surface area contributed by atoms with Crippen molar-refractivity contribution < 1.29 is 9.53 Å². The first-order chi connectivity index (χ1) is 8.22. The van der Waals surface area contributed by atoms with Crippen LogP contribution in [-0.2, 0) is 9.53 Å². The largest absolute Gasteiger partial charge is 0.379 e. The summed E-state index contributed by atoms with van der Waals surface area (Å²) in [7, 11) is 0. The molecule has 1 N–H and O–H groups in total. The fourth-order valence-corrected chi connectivity index (χ4v) is 1.89. The molecule has 1 saturated heterocycles. The number of rotatable bonds is 6. The van der Waals surface area contributed by atoms with Gasteiger partial charge in [-0.05, 0) is 13.3 Å². The molecule has 98 valence electrons. The Morgan fingerprint density at radius 3 is 2.82 bits per heavy atom. The van der Waals surface area contributed by atoms with Crippen molar-refractivity contribution in [1.82, 2.24) is 10.2 Å². The number of hydrogen-bond donors (Lipinski definition) is 1. The maximum absolute atomic E-state index is 11.5. The van der Waals surface area contributed by atoms with Crippen molar-refractivity contribution in [1.29, 1.82) is 0 Å². The second-order valence-corrected chi connectivity index (χ2v) is 4.51. The highest BCUT2D eigenvalue weighted by Crippen LogP contribution is 1.97. The van der Waals surface area contributed by atoms with Crippen LogP contribution in [0.2, 0.25) is 0 Å². The Kier molecular flexibility index (Phi) is 6.89. The van der Waals surface area contributed by atoms with E-state index in [-0.39, 0.29) is 11.9 Å². The molecule has 0 aromatic carbocycles. The van der Waals surface area contributed by atoms with Crippen LogP contribution in [-0.4, -0.2) is 49.7 Å². The molecule has 1 aliphatic heterocycles. The summed E-state index contributed by atoms with van der Waals surface area (Å²) in [6.07, 6.45) is 5.70. The highest BCUT2D eigenvalue weighted by Gasteiger charge is 2.08. The lowest BCUT2D eigenvalue weighted by Gasteiger charge is -2.25. The minimum Gasteiger partial charge on any atom is -0.379 e. The first-order valence-electron chi connectivity index (χ1n) is 6.49. The Hall–Kier alpha value is -0.870. The number of morpholine rings is 1. The average molecular weight is 240 g/mol. The van der Waals surface area contributed by atoms with Crippen LogP contribution in [0.1, 0.15) is 26.7 Å². The Morgan fingerprint density at radius 2 is 2.18 bits per heavy atom. The predicted octanol–water partition coefficient (Wildman–Crippen LogP) is 1.18. The van der Waals surface area contributed by atoms with Crippen LogP contribution in [0.5, 0.6) is 0 Å². The molecule has 1 aliphatic rings. The van der Waals surface area contributed by atoms with Crippen molar-refractivity contribution in [3.63, 3.8) is 0 Å². The molecule has 0 spiro atoms. The molecule has 0 saturated carbocycles. The van der Waals surface area contributed by atoms with Gasteiger partial charge in [0.15, 0.2) is 0 Å². The lowest BCUT2D eigenvalue weighted by atomic mass is 10.2. The lowest BCUT2D eigenvalue weighted by molar-refractivity contribution is -0.117. The number of carbonyl (C=O) groups is 1. The second kappa shape index (κ2) is 8.25. The topological polar surface area (TPSA) is 41.6 Å². The molecule has 1 heterocycles. The zero-order valence-corrected chi connectivity index (χ0v) is 10.9. The predicted molar refractivity (Wildman–Crippen MR) is 68.9 cm³/mol. The fraction of sp³-hybridized carbons (Fsp3) is 0.769. The highest BCUT2D eigenvalue weighted by atomic mass is 16.5. The molecule has 1 amide bonds. The van der Waals surface area contributed by atoms with Gasteiger partial charge in [-0.1, -0.05) is 19.4 Å². The van der Waals surface area contributed by atoms with E-state index in [1.807, 2.05) is 13.0 Å². The zero-order valence-electron chi connectivity index (χ0n) is 10.9. The normalized spacial score (nSPS) is 19.4. The first-order valence-corrected chi connectivity index (χ1v) is 6.49. The van der Waals surface area contributed by atoms with Gasteiger partial charge in [-0.3, -0.25) is 9.69 Å². The number of carbonyl (C=O) groups excluding carboxylic acids is 1. The van der Waals surface area contributed by atoms with E-state index in [1.165, 1.54) is 0 Å². The number of ether oxygens (including phenoxy) is 1. The van der Waals surface area contributed by atoms with Gasteiger partial charge in [0.2, 0.25) is 5.91 Å². The third-order valence-corrected chi connectivity index (χ3v) is 2.85. The second-order valence-electron chi connectivity index (χ2n) is 4.51. The summed E-state index contributed by atoms with van der Waals surface area (Å²) < 4.78 is 5.26. The van der Waals surface area contributed by atoms with E-state index in [4.69, 9.17) is 4.74 Å². The minimum atomic E-state index is 0.0132. The maximum atomic E-state index is 11.5. The summed E-state index contributed by atoms with van der Waals surface area (Å²) in [6.45, 7) is 8.50. The SMILES string of the molecule is CCCC(C)NC(=O)/C=C/CN1CCOCC1. The summed E-state index contributed by atoms with van der Waals surface area (Å²) in [6, 6.07) is 0.264. The molecule has 0 aromatic rings. The van der Waals surface area contributed by atoms with Crippen molar-refractivity contribution in [2.24, 2.45) is 0 Å². The van der Waals surface area contributed by atoms with Gasteiger partial charge in [0.05, 0.1) is 13.2 Å². The van der Waals surface area contributed by atoms with Gasteiger partial charge in [0.25, 0.3) is 0 Å². The average Bonchev–Trinajstić information content (AvgIpc) is 2.30. The van der Waals surface area contributed by atoms with E-state index < -0.39 is 0 Å². The molecule has 4 nitrogen and oxygen atoms in total. The number of nitrogens with zero attached hydrogens (tertiary/aromatic N) is 1. The van der Waals surface area contributed by atoms with Crippen LogP contribution in [0.15, 0.2) is 12.2 Å². The van der Waals surface area contributed by atoms with Crippen molar-refractivity contribution >= 4 is 5.91 Å². The highest BCUT2D eigenvalue weighted by molar-refractivity contribution is 5.87. The van der Waals surface area contributed by atoms with E-state index in [1.54, 1.807) is 6.08 Å². The molecular weight excluding hydrogens is 216 g/mol. The molecular formula is C13H24N2O2. The summed E-state index contributed by atoms with van der Waals surface area (Å²) in [5.74, 6) is 0.0132. The van der Waals surface area contributed by atoms with Gasteiger partial charge in [-0.2, -0.15) is 0 Å². The molecule has 0 aromatic heterocycles. The molecule has 0 bridgehead atoms. The molecule has 1 unspecified atom stereocenters. The van der Waals surface area contributed by atoms with Crippen molar-refractivity contribution in [2.45, 2.75) is 32.7 Å². The third-order valence-electron chi connectivity index (χ3n) is 2.85. The van der Waals surface area contributed by atoms with Crippen LogP contribution >= 0.6 is 0 Å². The molecule has 17 heavy (non-hydrogen) atoms. The number of nitrogens with one attached hydrogen (secondary N) is 1. The van der Waals surface area contributed by atoms with Gasteiger partial charge >= 0.3 is 0 Å². The molecule has 0 radical (unpaired) electrons. The summed E-state index contributed by atoms with van der Waals surface area (Å²) in [4.78, 5) is 13.8. The van der Waals surface area contributed by atoms with Gasteiger partial charge in [0, 0.05) is 31.8 Å². The minimum absolute atomic E-state index is 0.0132. The van der Waals surface area contributed by atoms with Gasteiger partial charge in [0.1, 0.15) is 0 Å². The summed E-state index contributed by atoms with van der Waals surface area (Å²) >= 11 is 0. The van der Waals surface area contributed by atoms with Crippen LogP contribution < -0.4 is 5.32 Å². The fourth-order valence-electron chi connectivity index (χ4n) is 1.89. The monoisotopic (exact) mass is 240 g/mol. The van der Waals surface area contributed by atoms with E-state index >= 15 is 0 Å². The number of hydrogen-bond acceptors (Lipinski definition) is 3. The molecule has 1 rings (SSSR count). The third kappa shape index (κ3) is 6.44. The lowest BCUT2D eigenvalue weighted by Crippen LogP contribution is -2.36. The molecule has 4 heteroatoms. The van der Waals surface area contributed by atoms with Crippen LogP contribution in [0, 0.1) is 0 Å². The first kappa shape index (κ1) is 14.2. The van der Waals surface area contributed by atoms with Gasteiger partial charge < -0.3 is 10.1 Å². The van der Waals surface area contributed by atoms with E-state index in [0.717, 1.165) is 45.7 Å². The summed E-state index contributed by atoms with van der Waals surface area (Å²) in [5, 5.41) is 2.95. The number of amides is 1. The smallest absolute Gasteiger partial charge is 0.243 e. The van der Waals surface area contributed by atoms with Crippen molar-refractivity contribution in [3.8, 4) is 0 Å². The van der Waals surface area contributed by atoms with Crippen LogP contribution in [0.4, 0.5) is 0 Å². The Labute approximate surface area is 104 Å². The van der Waals surface area contributed by atoms with Gasteiger partial charge in [-0.25, -0.2) is 0 Å². The van der Waals surface area contributed by atoms with E-state index in [2.05, 4.69) is 17.1 Å². The molecule has 1 fully saturated rings. The van der Waals surface area contributed by atoms with E-state index in [9.17, 15) is 4.79 Å². The summed E-state index contributed by atoms with van der Waals surface area (Å²) in [5.41, 5.74) is 0. The van der Waals surface area contributed by atoms with Crippen molar-refractivity contribution in [3.05, 3.63) is 12.2 Å². The standard InChI is InChI=1S/C13H24N2O2/c1-3-5-12(2)14-13(16)6-4-7-15-8-10-17-11-9-15/h4,6,12H,3,5,7-11H2,1-2H3,(H,14,16)/b6-4+. The van der Waals surface area contributed by atoms with Crippen LogP contribution in [0.25, 0.3) is 0 Å². The Bertz CT molecular complexity index is 248. The quantitative estimate of drug-likeness (QED) is 0.709.